The summed E-state index contributed by atoms with van der Waals surface area (Å²) in [6.07, 6.45) is 0. The van der Waals surface area contributed by atoms with Crippen molar-refractivity contribution in [3.63, 3.8) is 0 Å². The van der Waals surface area contributed by atoms with E-state index >= 15 is 0 Å². The lowest BCUT2D eigenvalue weighted by atomic mass is 9.82. The first-order valence-corrected chi connectivity index (χ1v) is 23.0. The van der Waals surface area contributed by atoms with Crippen molar-refractivity contribution in [2.45, 2.75) is 19.6 Å². The van der Waals surface area contributed by atoms with Crippen LogP contribution in [0.1, 0.15) is 0 Å². The van der Waals surface area contributed by atoms with Crippen LogP contribution in [0, 0.1) is 0 Å². The third-order valence-corrected chi connectivity index (χ3v) is 13.8. The molecule has 0 N–H and O–H groups in total. The summed E-state index contributed by atoms with van der Waals surface area (Å²) < 4.78 is 0. The van der Waals surface area contributed by atoms with Gasteiger partial charge in [0, 0.05) is 21.9 Å². The molecule has 11 rings (SSSR count). The predicted octanol–water partition coefficient (Wildman–Crippen LogP) is 13.9. The summed E-state index contributed by atoms with van der Waals surface area (Å²) in [5.41, 5.74) is 16.2. The van der Waals surface area contributed by atoms with E-state index in [0.29, 0.717) is 0 Å². The molecule has 2 aromatic heterocycles. The fourth-order valence-electron chi connectivity index (χ4n) is 9.05. The summed E-state index contributed by atoms with van der Waals surface area (Å²) in [6, 6.07) is 64.3. The highest BCUT2D eigenvalue weighted by Crippen LogP contribution is 2.58. The number of fused-ring (bicyclic) bond motifs is 7. The average molecular weight is 731 g/mol. The predicted molar refractivity (Wildman–Crippen MR) is 241 cm³/mol. The van der Waals surface area contributed by atoms with E-state index in [1.54, 1.807) is 0 Å². The van der Waals surface area contributed by atoms with Crippen molar-refractivity contribution in [2.75, 3.05) is 0 Å². The monoisotopic (exact) mass is 730 g/mol. The molecule has 0 amide bonds. The third kappa shape index (κ3) is 5.01. The maximum absolute atomic E-state index is 5.45. The van der Waals surface area contributed by atoms with E-state index in [1.807, 2.05) is 0 Å². The molecule has 0 unspecified atom stereocenters. The van der Waals surface area contributed by atoms with Crippen LogP contribution in [0.5, 0.6) is 0 Å². The fraction of sp³-hybridized carbons (Fsp3) is 0.0566. The molecule has 0 bridgehead atoms. The minimum atomic E-state index is -1.40. The molecule has 264 valence electrons. The van der Waals surface area contributed by atoms with Crippen molar-refractivity contribution >= 4 is 56.6 Å². The Morgan fingerprint density at radius 2 is 0.821 bits per heavy atom. The van der Waals surface area contributed by atoms with Crippen molar-refractivity contribution in [1.82, 2.24) is 9.97 Å². The lowest BCUT2D eigenvalue weighted by Gasteiger charge is -2.20. The molecular formula is C53H38N2Si. The molecule has 0 saturated carbocycles. The van der Waals surface area contributed by atoms with Gasteiger partial charge in [-0.15, -0.1) is 0 Å². The molecule has 0 saturated heterocycles. The van der Waals surface area contributed by atoms with Crippen molar-refractivity contribution < 1.29 is 0 Å². The van der Waals surface area contributed by atoms with Gasteiger partial charge in [0.15, 0.2) is 0 Å². The molecule has 1 aliphatic rings. The van der Waals surface area contributed by atoms with Gasteiger partial charge in [0.05, 0.1) is 30.5 Å². The van der Waals surface area contributed by atoms with E-state index in [9.17, 15) is 0 Å². The number of aromatic nitrogens is 2. The highest BCUT2D eigenvalue weighted by Gasteiger charge is 2.31. The standard InChI is InChI=1S/C53H38N2Si/c1-56(2,3)38-27-23-33(24-28-38)45-31-25-36-21-22-37-26-32-46(55-53(37)52(36)54-45)39-29-30-44-49-40(39)19-12-20-43(49)50-47(34-13-6-4-7-14-34)41-17-10-11-18-42(41)48(51(44)50)35-15-8-5-9-16-35/h4-32H,1-3H3. The second kappa shape index (κ2) is 12.4. The van der Waals surface area contributed by atoms with Gasteiger partial charge in [0.25, 0.3) is 0 Å². The Hall–Kier alpha value is -6.68. The average Bonchev–Trinajstić information content (AvgIpc) is 3.57. The molecule has 0 aliphatic heterocycles. The van der Waals surface area contributed by atoms with Crippen LogP contribution in [0.3, 0.4) is 0 Å². The first-order chi connectivity index (χ1) is 27.4. The van der Waals surface area contributed by atoms with Gasteiger partial charge in [-0.2, -0.15) is 0 Å². The van der Waals surface area contributed by atoms with Gasteiger partial charge in [0.1, 0.15) is 0 Å². The Kier molecular flexibility index (Phi) is 7.26. The SMILES string of the molecule is C[Si](C)(C)c1ccc(-c2ccc3ccc4ccc(-c5ccc6c7c(cccc57)-c5c-6c(-c6ccccc6)c6ccccc6c5-c5ccccc5)nc4c3n2)cc1. The van der Waals surface area contributed by atoms with Crippen molar-refractivity contribution in [2.24, 2.45) is 0 Å². The molecule has 0 fully saturated rings. The zero-order chi connectivity index (χ0) is 37.5. The van der Waals surface area contributed by atoms with Crippen LogP contribution in [0.2, 0.25) is 19.6 Å². The molecule has 0 atom stereocenters. The molecule has 2 nitrogen and oxygen atoms in total. The van der Waals surface area contributed by atoms with Crippen LogP contribution in [0.15, 0.2) is 176 Å². The Labute approximate surface area is 327 Å². The summed E-state index contributed by atoms with van der Waals surface area (Å²) >= 11 is 0. The molecular weight excluding hydrogens is 693 g/mol. The quantitative estimate of drug-likeness (QED) is 0.130. The molecule has 3 heteroatoms. The van der Waals surface area contributed by atoms with Crippen LogP contribution in [-0.4, -0.2) is 18.0 Å². The molecule has 0 radical (unpaired) electrons. The maximum Gasteiger partial charge on any atom is 0.0972 e. The van der Waals surface area contributed by atoms with Crippen LogP contribution in [-0.2, 0) is 0 Å². The number of benzene rings is 8. The summed E-state index contributed by atoms with van der Waals surface area (Å²) in [7, 11) is -1.40. The number of pyridine rings is 2. The van der Waals surface area contributed by atoms with E-state index in [-0.39, 0.29) is 0 Å². The van der Waals surface area contributed by atoms with Gasteiger partial charge in [-0.3, -0.25) is 0 Å². The third-order valence-electron chi connectivity index (χ3n) is 11.8. The highest BCUT2D eigenvalue weighted by atomic mass is 28.3. The second-order valence-electron chi connectivity index (χ2n) is 16.1. The van der Waals surface area contributed by atoms with Crippen LogP contribution in [0.25, 0.3) is 110 Å². The Balaban J connectivity index is 1.14. The highest BCUT2D eigenvalue weighted by molar-refractivity contribution is 6.88. The molecule has 0 spiro atoms. The van der Waals surface area contributed by atoms with E-state index in [2.05, 4.69) is 196 Å². The zero-order valence-corrected chi connectivity index (χ0v) is 32.6. The summed E-state index contributed by atoms with van der Waals surface area (Å²) in [4.78, 5) is 10.7. The van der Waals surface area contributed by atoms with Crippen LogP contribution in [0.4, 0.5) is 0 Å². The molecule has 8 aromatic carbocycles. The summed E-state index contributed by atoms with van der Waals surface area (Å²) in [5.74, 6) is 0. The van der Waals surface area contributed by atoms with Crippen molar-refractivity contribution in [1.29, 1.82) is 0 Å². The number of rotatable bonds is 5. The van der Waals surface area contributed by atoms with E-state index in [1.165, 1.54) is 71.2 Å². The number of hydrogen-bond acceptors (Lipinski definition) is 2. The van der Waals surface area contributed by atoms with E-state index < -0.39 is 8.07 Å². The minimum absolute atomic E-state index is 0.927. The maximum atomic E-state index is 5.45. The van der Waals surface area contributed by atoms with Gasteiger partial charge >= 0.3 is 0 Å². The van der Waals surface area contributed by atoms with Gasteiger partial charge in [-0.25, -0.2) is 9.97 Å². The fourth-order valence-corrected chi connectivity index (χ4v) is 10.2. The van der Waals surface area contributed by atoms with Crippen molar-refractivity contribution in [3.05, 3.63) is 176 Å². The van der Waals surface area contributed by atoms with Crippen molar-refractivity contribution in [3.8, 4) is 67.0 Å². The molecule has 2 heterocycles. The number of nitrogens with zero attached hydrogens (tertiary/aromatic N) is 2. The van der Waals surface area contributed by atoms with Gasteiger partial charge in [-0.1, -0.05) is 189 Å². The summed E-state index contributed by atoms with van der Waals surface area (Å²) in [6.45, 7) is 7.16. The second-order valence-corrected chi connectivity index (χ2v) is 21.2. The smallest absolute Gasteiger partial charge is 0.0972 e. The Morgan fingerprint density at radius 3 is 1.41 bits per heavy atom. The lowest BCUT2D eigenvalue weighted by molar-refractivity contribution is 1.37. The summed E-state index contributed by atoms with van der Waals surface area (Å²) in [5, 5.41) is 8.66. The van der Waals surface area contributed by atoms with Crippen LogP contribution < -0.4 is 5.19 Å². The molecule has 1 aliphatic carbocycles. The molecule has 10 aromatic rings. The lowest BCUT2D eigenvalue weighted by Crippen LogP contribution is -2.37. The van der Waals surface area contributed by atoms with Crippen LogP contribution >= 0.6 is 0 Å². The van der Waals surface area contributed by atoms with E-state index in [4.69, 9.17) is 9.97 Å². The first kappa shape index (κ1) is 32.7. The topological polar surface area (TPSA) is 25.8 Å². The largest absolute Gasteiger partial charge is 0.245 e. The van der Waals surface area contributed by atoms with Gasteiger partial charge in [-0.05, 0) is 78.2 Å². The minimum Gasteiger partial charge on any atom is -0.245 e. The number of hydrogen-bond donors (Lipinski definition) is 0. The Morgan fingerprint density at radius 1 is 0.339 bits per heavy atom. The Bertz CT molecular complexity index is 3110. The van der Waals surface area contributed by atoms with Gasteiger partial charge in [0.2, 0.25) is 0 Å². The zero-order valence-electron chi connectivity index (χ0n) is 31.6. The van der Waals surface area contributed by atoms with E-state index in [0.717, 1.165) is 44.3 Å². The molecule has 56 heavy (non-hydrogen) atoms. The normalized spacial score (nSPS) is 12.2. The van der Waals surface area contributed by atoms with Gasteiger partial charge < -0.3 is 0 Å². The first-order valence-electron chi connectivity index (χ1n) is 19.5.